The fourth-order valence-electron chi connectivity index (χ4n) is 1.18. The second kappa shape index (κ2) is 4.24. The summed E-state index contributed by atoms with van der Waals surface area (Å²) in [5.41, 5.74) is 2.90. The summed E-state index contributed by atoms with van der Waals surface area (Å²) in [6.07, 6.45) is -4.50. The molecule has 0 bridgehead atoms. The standard InChI is InChI=1S/C10H11ClF3NO/c1-9(16,5-15)6-2-7(10(12,13)14)4-8(11)3-6/h2-4,16H,5,15H2,1H3. The van der Waals surface area contributed by atoms with Crippen molar-refractivity contribution in [2.75, 3.05) is 6.54 Å². The van der Waals surface area contributed by atoms with Gasteiger partial charge >= 0.3 is 6.18 Å². The molecule has 0 spiro atoms. The van der Waals surface area contributed by atoms with E-state index in [9.17, 15) is 18.3 Å². The van der Waals surface area contributed by atoms with Crippen molar-refractivity contribution >= 4 is 11.6 Å². The van der Waals surface area contributed by atoms with Crippen LogP contribution in [-0.4, -0.2) is 11.7 Å². The summed E-state index contributed by atoms with van der Waals surface area (Å²) in [7, 11) is 0. The Morgan fingerprint density at radius 2 is 1.75 bits per heavy atom. The lowest BCUT2D eigenvalue weighted by Crippen LogP contribution is -2.31. The molecule has 1 rings (SSSR count). The number of benzene rings is 1. The van der Waals surface area contributed by atoms with Gasteiger partial charge in [0.15, 0.2) is 0 Å². The van der Waals surface area contributed by atoms with Gasteiger partial charge < -0.3 is 10.8 Å². The third kappa shape index (κ3) is 2.87. The van der Waals surface area contributed by atoms with Crippen molar-refractivity contribution in [3.8, 4) is 0 Å². The highest BCUT2D eigenvalue weighted by Gasteiger charge is 2.33. The first-order chi connectivity index (χ1) is 7.16. The summed E-state index contributed by atoms with van der Waals surface area (Å²) >= 11 is 5.57. The van der Waals surface area contributed by atoms with Crippen molar-refractivity contribution in [2.45, 2.75) is 18.7 Å². The number of alkyl halides is 3. The van der Waals surface area contributed by atoms with Crippen LogP contribution in [0.25, 0.3) is 0 Å². The molecule has 16 heavy (non-hydrogen) atoms. The van der Waals surface area contributed by atoms with Gasteiger partial charge in [0.1, 0.15) is 0 Å². The van der Waals surface area contributed by atoms with E-state index >= 15 is 0 Å². The van der Waals surface area contributed by atoms with Crippen LogP contribution in [0.4, 0.5) is 13.2 Å². The van der Waals surface area contributed by atoms with Crippen LogP contribution < -0.4 is 5.73 Å². The summed E-state index contributed by atoms with van der Waals surface area (Å²) < 4.78 is 37.4. The average Bonchev–Trinajstić information content (AvgIpc) is 2.15. The fraction of sp³-hybridized carbons (Fsp3) is 0.400. The molecular weight excluding hydrogens is 243 g/mol. The largest absolute Gasteiger partial charge is 0.416 e. The van der Waals surface area contributed by atoms with Crippen molar-refractivity contribution in [1.29, 1.82) is 0 Å². The van der Waals surface area contributed by atoms with Gasteiger partial charge in [-0.15, -0.1) is 0 Å². The molecule has 0 aliphatic rings. The summed E-state index contributed by atoms with van der Waals surface area (Å²) in [6.45, 7) is 1.14. The minimum Gasteiger partial charge on any atom is -0.384 e. The second-order valence-corrected chi connectivity index (χ2v) is 4.14. The molecule has 0 aliphatic heterocycles. The summed E-state index contributed by atoms with van der Waals surface area (Å²) in [4.78, 5) is 0. The average molecular weight is 254 g/mol. The second-order valence-electron chi connectivity index (χ2n) is 3.70. The Morgan fingerprint density at radius 3 is 2.19 bits per heavy atom. The summed E-state index contributed by atoms with van der Waals surface area (Å²) in [5, 5.41) is 9.67. The Morgan fingerprint density at radius 1 is 1.25 bits per heavy atom. The topological polar surface area (TPSA) is 46.2 Å². The van der Waals surface area contributed by atoms with E-state index in [1.807, 2.05) is 0 Å². The Labute approximate surface area is 95.8 Å². The molecule has 1 aromatic carbocycles. The van der Waals surface area contributed by atoms with Crippen LogP contribution in [0.15, 0.2) is 18.2 Å². The van der Waals surface area contributed by atoms with Gasteiger partial charge in [-0.05, 0) is 30.7 Å². The molecule has 0 aliphatic carbocycles. The van der Waals surface area contributed by atoms with Gasteiger partial charge in [-0.25, -0.2) is 0 Å². The molecule has 0 aromatic heterocycles. The van der Waals surface area contributed by atoms with Crippen LogP contribution in [0, 0.1) is 0 Å². The Kier molecular flexibility index (Phi) is 3.52. The molecule has 2 nitrogen and oxygen atoms in total. The van der Waals surface area contributed by atoms with Crippen molar-refractivity contribution in [1.82, 2.24) is 0 Å². The normalized spacial score (nSPS) is 15.9. The Balaban J connectivity index is 3.29. The molecule has 90 valence electrons. The smallest absolute Gasteiger partial charge is 0.384 e. The van der Waals surface area contributed by atoms with E-state index < -0.39 is 17.3 Å². The van der Waals surface area contributed by atoms with Crippen LogP contribution in [0.3, 0.4) is 0 Å². The van der Waals surface area contributed by atoms with E-state index in [2.05, 4.69) is 0 Å². The Hall–Kier alpha value is -0.780. The molecule has 0 radical (unpaired) electrons. The van der Waals surface area contributed by atoms with E-state index in [1.54, 1.807) is 0 Å². The van der Waals surface area contributed by atoms with Gasteiger partial charge in [0.25, 0.3) is 0 Å². The zero-order valence-electron chi connectivity index (χ0n) is 8.48. The summed E-state index contributed by atoms with van der Waals surface area (Å²) in [5.74, 6) is 0. The molecule has 0 saturated carbocycles. The lowest BCUT2D eigenvalue weighted by Gasteiger charge is -2.23. The van der Waals surface area contributed by atoms with E-state index in [1.165, 1.54) is 13.0 Å². The lowest BCUT2D eigenvalue weighted by molar-refractivity contribution is -0.137. The highest BCUT2D eigenvalue weighted by molar-refractivity contribution is 6.30. The van der Waals surface area contributed by atoms with Crippen molar-refractivity contribution in [3.63, 3.8) is 0 Å². The molecule has 1 unspecified atom stereocenters. The van der Waals surface area contributed by atoms with Crippen LogP contribution in [-0.2, 0) is 11.8 Å². The number of aliphatic hydroxyl groups is 1. The van der Waals surface area contributed by atoms with E-state index in [-0.39, 0.29) is 17.1 Å². The van der Waals surface area contributed by atoms with Gasteiger partial charge in [-0.3, -0.25) is 0 Å². The molecule has 0 amide bonds. The molecule has 1 atom stereocenters. The number of hydrogen-bond acceptors (Lipinski definition) is 2. The van der Waals surface area contributed by atoms with Gasteiger partial charge in [-0.1, -0.05) is 11.6 Å². The maximum absolute atomic E-state index is 12.5. The molecule has 1 aromatic rings. The first kappa shape index (κ1) is 13.3. The molecular formula is C10H11ClF3NO. The molecule has 3 N–H and O–H groups in total. The van der Waals surface area contributed by atoms with Gasteiger partial charge in [0.05, 0.1) is 11.2 Å². The fourth-order valence-corrected chi connectivity index (χ4v) is 1.42. The maximum Gasteiger partial charge on any atom is 0.416 e. The van der Waals surface area contributed by atoms with Gasteiger partial charge in [0, 0.05) is 11.6 Å². The minimum atomic E-state index is -4.50. The molecule has 0 saturated heterocycles. The minimum absolute atomic E-state index is 0.0508. The highest BCUT2D eigenvalue weighted by atomic mass is 35.5. The van der Waals surface area contributed by atoms with Crippen LogP contribution in [0.5, 0.6) is 0 Å². The third-order valence-electron chi connectivity index (χ3n) is 2.24. The zero-order chi connectivity index (χ0) is 12.6. The van der Waals surface area contributed by atoms with Crippen LogP contribution in [0.2, 0.25) is 5.02 Å². The summed E-state index contributed by atoms with van der Waals surface area (Å²) in [6, 6.07) is 2.92. The molecule has 0 fully saturated rings. The maximum atomic E-state index is 12.5. The van der Waals surface area contributed by atoms with E-state index in [0.29, 0.717) is 0 Å². The predicted octanol–water partition coefficient (Wildman–Crippen LogP) is 2.53. The monoisotopic (exact) mass is 253 g/mol. The Bertz CT molecular complexity index is 390. The lowest BCUT2D eigenvalue weighted by atomic mass is 9.94. The number of rotatable bonds is 2. The first-order valence-electron chi connectivity index (χ1n) is 4.47. The first-order valence-corrected chi connectivity index (χ1v) is 4.85. The van der Waals surface area contributed by atoms with Crippen molar-refractivity contribution in [3.05, 3.63) is 34.3 Å². The number of nitrogens with two attached hydrogens (primary N) is 1. The number of halogens is 4. The van der Waals surface area contributed by atoms with Crippen LogP contribution in [0.1, 0.15) is 18.1 Å². The van der Waals surface area contributed by atoms with Crippen molar-refractivity contribution in [2.24, 2.45) is 5.73 Å². The highest BCUT2D eigenvalue weighted by Crippen LogP contribution is 2.34. The third-order valence-corrected chi connectivity index (χ3v) is 2.46. The number of hydrogen-bond donors (Lipinski definition) is 2. The molecule has 6 heteroatoms. The van der Waals surface area contributed by atoms with E-state index in [4.69, 9.17) is 17.3 Å². The van der Waals surface area contributed by atoms with Gasteiger partial charge in [0.2, 0.25) is 0 Å². The van der Waals surface area contributed by atoms with Crippen LogP contribution >= 0.6 is 11.6 Å². The van der Waals surface area contributed by atoms with Crippen molar-refractivity contribution < 1.29 is 18.3 Å². The predicted molar refractivity (Wildman–Crippen MR) is 55.1 cm³/mol. The molecule has 0 heterocycles. The quantitative estimate of drug-likeness (QED) is 0.851. The zero-order valence-corrected chi connectivity index (χ0v) is 9.23. The SMILES string of the molecule is CC(O)(CN)c1cc(Cl)cc(C(F)(F)F)c1. The van der Waals surface area contributed by atoms with E-state index in [0.717, 1.165) is 12.1 Å². The van der Waals surface area contributed by atoms with Gasteiger partial charge in [-0.2, -0.15) is 13.2 Å².